The Hall–Kier alpha value is -0.160. The van der Waals surface area contributed by atoms with Gasteiger partial charge in [0, 0.05) is 7.11 Å². The van der Waals surface area contributed by atoms with E-state index in [2.05, 4.69) is 0 Å². The summed E-state index contributed by atoms with van der Waals surface area (Å²) in [5.74, 6) is 0. The van der Waals surface area contributed by atoms with Gasteiger partial charge in [0.1, 0.15) is 19.6 Å². The highest BCUT2D eigenvalue weighted by Gasteiger charge is 2.12. The van der Waals surface area contributed by atoms with Gasteiger partial charge in [-0.1, -0.05) is 0 Å². The number of morpholine rings is 1. The third-order valence-electron chi connectivity index (χ3n) is 2.23. The molecule has 1 heterocycles. The molecule has 0 aliphatic carbocycles. The Morgan fingerprint density at radius 3 is 2.62 bits per heavy atom. The fourth-order valence-corrected chi connectivity index (χ4v) is 1.37. The van der Waals surface area contributed by atoms with Crippen LogP contribution in [-0.4, -0.2) is 59.8 Å². The number of nitrogens with one attached hydrogen (secondary N) is 1. The van der Waals surface area contributed by atoms with Gasteiger partial charge in [0.25, 0.3) is 0 Å². The molecule has 1 fully saturated rings. The van der Waals surface area contributed by atoms with Crippen LogP contribution in [0.2, 0.25) is 0 Å². The van der Waals surface area contributed by atoms with Gasteiger partial charge in [-0.3, -0.25) is 0 Å². The van der Waals surface area contributed by atoms with E-state index in [9.17, 15) is 0 Å². The molecule has 0 spiro atoms. The van der Waals surface area contributed by atoms with E-state index in [1.54, 1.807) is 12.0 Å². The molecule has 0 aromatic carbocycles. The molecule has 1 rings (SSSR count). The van der Waals surface area contributed by atoms with E-state index < -0.39 is 0 Å². The zero-order chi connectivity index (χ0) is 9.36. The summed E-state index contributed by atoms with van der Waals surface area (Å²) in [4.78, 5) is 1.59. The van der Waals surface area contributed by atoms with Crippen molar-refractivity contribution in [3.8, 4) is 0 Å². The second-order valence-corrected chi connectivity index (χ2v) is 3.22. The number of hydrogen-bond acceptors (Lipinski definition) is 3. The van der Waals surface area contributed by atoms with E-state index in [0.29, 0.717) is 13.2 Å². The summed E-state index contributed by atoms with van der Waals surface area (Å²) >= 11 is 0. The predicted molar refractivity (Wildman–Crippen MR) is 49.1 cm³/mol. The van der Waals surface area contributed by atoms with Gasteiger partial charge < -0.3 is 19.1 Å². The Kier molecular flexibility index (Phi) is 6.10. The van der Waals surface area contributed by atoms with E-state index in [4.69, 9.17) is 14.2 Å². The van der Waals surface area contributed by atoms with Crippen molar-refractivity contribution in [3.05, 3.63) is 0 Å². The number of ether oxygens (including phenoxy) is 3. The van der Waals surface area contributed by atoms with E-state index in [-0.39, 0.29) is 0 Å². The van der Waals surface area contributed by atoms with E-state index in [0.717, 1.165) is 39.5 Å². The maximum Gasteiger partial charge on any atom is 0.101 e. The number of hydrogen-bond donors (Lipinski definition) is 1. The summed E-state index contributed by atoms with van der Waals surface area (Å²) in [5, 5.41) is 0. The average molecular weight is 190 g/mol. The molecule has 0 saturated carbocycles. The van der Waals surface area contributed by atoms with Crippen molar-refractivity contribution in [1.29, 1.82) is 0 Å². The van der Waals surface area contributed by atoms with Crippen molar-refractivity contribution < 1.29 is 19.1 Å². The van der Waals surface area contributed by atoms with Gasteiger partial charge in [-0.15, -0.1) is 0 Å². The van der Waals surface area contributed by atoms with E-state index in [1.165, 1.54) is 0 Å². The molecule has 0 radical (unpaired) electrons. The number of quaternary nitrogens is 1. The van der Waals surface area contributed by atoms with E-state index in [1.807, 2.05) is 0 Å². The lowest BCUT2D eigenvalue weighted by molar-refractivity contribution is -0.908. The van der Waals surface area contributed by atoms with Crippen molar-refractivity contribution in [1.82, 2.24) is 0 Å². The minimum Gasteiger partial charge on any atom is -0.382 e. The summed E-state index contributed by atoms with van der Waals surface area (Å²) in [5.41, 5.74) is 0. The number of rotatable bonds is 6. The first-order chi connectivity index (χ1) is 6.43. The summed E-state index contributed by atoms with van der Waals surface area (Å²) in [6.07, 6.45) is 0. The average Bonchev–Trinajstić information content (AvgIpc) is 2.19. The SMILES string of the molecule is COCCOCC[NH+]1CCOCC1. The fourth-order valence-electron chi connectivity index (χ4n) is 1.37. The van der Waals surface area contributed by atoms with Crippen LogP contribution in [0.25, 0.3) is 0 Å². The Balaban J connectivity index is 1.86. The molecular weight excluding hydrogens is 170 g/mol. The molecule has 78 valence electrons. The zero-order valence-electron chi connectivity index (χ0n) is 8.38. The summed E-state index contributed by atoms with van der Waals surface area (Å²) in [6, 6.07) is 0. The molecule has 0 aromatic rings. The lowest BCUT2D eigenvalue weighted by atomic mass is 10.4. The van der Waals surface area contributed by atoms with Crippen molar-refractivity contribution in [2.75, 3.05) is 59.8 Å². The molecule has 13 heavy (non-hydrogen) atoms. The van der Waals surface area contributed by atoms with Crippen molar-refractivity contribution in [2.24, 2.45) is 0 Å². The van der Waals surface area contributed by atoms with Crippen LogP contribution in [0.4, 0.5) is 0 Å². The van der Waals surface area contributed by atoms with Crippen LogP contribution in [0.5, 0.6) is 0 Å². The quantitative estimate of drug-likeness (QED) is 0.521. The first kappa shape index (κ1) is 10.9. The molecule has 1 saturated heterocycles. The first-order valence-electron chi connectivity index (χ1n) is 4.91. The smallest absolute Gasteiger partial charge is 0.101 e. The van der Waals surface area contributed by atoms with Gasteiger partial charge >= 0.3 is 0 Å². The van der Waals surface area contributed by atoms with Crippen LogP contribution < -0.4 is 4.90 Å². The third-order valence-corrected chi connectivity index (χ3v) is 2.23. The summed E-state index contributed by atoms with van der Waals surface area (Å²) in [7, 11) is 1.69. The second kappa shape index (κ2) is 7.26. The lowest BCUT2D eigenvalue weighted by Gasteiger charge is -2.23. The molecule has 1 N–H and O–H groups in total. The maximum atomic E-state index is 5.39. The molecule has 0 atom stereocenters. The zero-order valence-corrected chi connectivity index (χ0v) is 8.38. The van der Waals surface area contributed by atoms with E-state index >= 15 is 0 Å². The molecule has 0 amide bonds. The molecule has 1 aliphatic heterocycles. The van der Waals surface area contributed by atoms with Gasteiger partial charge in [0.2, 0.25) is 0 Å². The highest BCUT2D eigenvalue weighted by atomic mass is 16.5. The summed E-state index contributed by atoms with van der Waals surface area (Å²) < 4.78 is 15.5. The van der Waals surface area contributed by atoms with Gasteiger partial charge in [-0.2, -0.15) is 0 Å². The Labute approximate surface area is 79.8 Å². The highest BCUT2D eigenvalue weighted by molar-refractivity contribution is 4.39. The van der Waals surface area contributed by atoms with Crippen molar-refractivity contribution in [2.45, 2.75) is 0 Å². The fraction of sp³-hybridized carbons (Fsp3) is 1.00. The molecule has 0 aromatic heterocycles. The lowest BCUT2D eigenvalue weighted by Crippen LogP contribution is -3.14. The van der Waals surface area contributed by atoms with Gasteiger partial charge in [-0.25, -0.2) is 0 Å². The van der Waals surface area contributed by atoms with Crippen LogP contribution in [0, 0.1) is 0 Å². The topological polar surface area (TPSA) is 32.1 Å². The number of methoxy groups -OCH3 is 1. The van der Waals surface area contributed by atoms with Crippen LogP contribution in [0.1, 0.15) is 0 Å². The molecule has 4 heteroatoms. The monoisotopic (exact) mass is 190 g/mol. The predicted octanol–water partition coefficient (Wildman–Crippen LogP) is -1.44. The minimum absolute atomic E-state index is 0.693. The first-order valence-corrected chi connectivity index (χ1v) is 4.91. The van der Waals surface area contributed by atoms with Gasteiger partial charge in [0.05, 0.1) is 33.0 Å². The third kappa shape index (κ3) is 5.21. The Bertz CT molecular complexity index is 115. The van der Waals surface area contributed by atoms with Crippen molar-refractivity contribution in [3.63, 3.8) is 0 Å². The van der Waals surface area contributed by atoms with Crippen LogP contribution in [0.15, 0.2) is 0 Å². The molecule has 0 bridgehead atoms. The summed E-state index contributed by atoms with van der Waals surface area (Å²) in [6.45, 7) is 7.35. The standard InChI is InChI=1S/C9H19NO3/c1-11-8-9-13-7-4-10-2-5-12-6-3-10/h2-9H2,1H3/p+1. The molecule has 0 unspecified atom stereocenters. The Morgan fingerprint density at radius 2 is 1.92 bits per heavy atom. The van der Waals surface area contributed by atoms with Crippen LogP contribution >= 0.6 is 0 Å². The highest BCUT2D eigenvalue weighted by Crippen LogP contribution is 1.76. The normalized spacial score (nSPS) is 19.2. The van der Waals surface area contributed by atoms with Gasteiger partial charge in [-0.05, 0) is 0 Å². The minimum atomic E-state index is 0.693. The van der Waals surface area contributed by atoms with Crippen molar-refractivity contribution >= 4 is 0 Å². The Morgan fingerprint density at radius 1 is 1.15 bits per heavy atom. The second-order valence-electron chi connectivity index (χ2n) is 3.22. The molecule has 1 aliphatic rings. The van der Waals surface area contributed by atoms with Crippen LogP contribution in [-0.2, 0) is 14.2 Å². The molecule has 4 nitrogen and oxygen atoms in total. The maximum absolute atomic E-state index is 5.39. The van der Waals surface area contributed by atoms with Crippen LogP contribution in [0.3, 0.4) is 0 Å². The van der Waals surface area contributed by atoms with Gasteiger partial charge in [0.15, 0.2) is 0 Å². The largest absolute Gasteiger partial charge is 0.382 e. The molecular formula is C9H20NO3+.